The van der Waals surface area contributed by atoms with Gasteiger partial charge in [0, 0.05) is 5.69 Å². The quantitative estimate of drug-likeness (QED) is 0.327. The first kappa shape index (κ1) is 15.2. The lowest BCUT2D eigenvalue weighted by molar-refractivity contribution is -0.274. The Bertz CT molecular complexity index is 507. The van der Waals surface area contributed by atoms with Crippen molar-refractivity contribution in [2.45, 2.75) is 6.36 Å². The van der Waals surface area contributed by atoms with Crippen LogP contribution in [0.3, 0.4) is 0 Å². The molecular formula is C9H7BrF3N3O3. The first-order valence-electron chi connectivity index (χ1n) is 4.60. The maximum Gasteiger partial charge on any atom is 0.573 e. The van der Waals surface area contributed by atoms with Crippen LogP contribution in [0.1, 0.15) is 0 Å². The number of amides is 2. The van der Waals surface area contributed by atoms with E-state index in [-0.39, 0.29) is 10.2 Å². The Balaban J connectivity index is 2.83. The highest BCUT2D eigenvalue weighted by Crippen LogP contribution is 2.32. The molecule has 0 saturated carbocycles. The predicted octanol–water partition coefficient (Wildman–Crippen LogP) is 1.28. The molecule has 4 N–H and O–H groups in total. The number of alkyl halides is 3. The number of carbonyl (C=O) groups excluding carboxylic acids is 2. The maximum absolute atomic E-state index is 12.0. The molecule has 0 fully saturated rings. The van der Waals surface area contributed by atoms with Gasteiger partial charge in [0.25, 0.3) is 0 Å². The Morgan fingerprint density at radius 2 is 1.89 bits per heavy atom. The number of nitrogens with one attached hydrogen (secondary N) is 2. The van der Waals surface area contributed by atoms with Gasteiger partial charge in [0.05, 0.1) is 4.47 Å². The van der Waals surface area contributed by atoms with Crippen LogP contribution in [0.4, 0.5) is 18.9 Å². The van der Waals surface area contributed by atoms with E-state index in [1.54, 1.807) is 5.43 Å². The summed E-state index contributed by atoms with van der Waals surface area (Å²) in [7, 11) is 0. The van der Waals surface area contributed by atoms with Gasteiger partial charge in [0.15, 0.2) is 0 Å². The predicted molar refractivity (Wildman–Crippen MR) is 61.8 cm³/mol. The third kappa shape index (κ3) is 4.75. The number of hydrogen-bond acceptors (Lipinski definition) is 4. The van der Waals surface area contributed by atoms with Gasteiger partial charge >= 0.3 is 18.2 Å². The molecule has 1 aromatic rings. The molecule has 10 heteroatoms. The average Bonchev–Trinajstić information content (AvgIpc) is 2.30. The molecule has 1 rings (SSSR count). The molecule has 0 aliphatic heterocycles. The van der Waals surface area contributed by atoms with Crippen LogP contribution in [0.5, 0.6) is 5.75 Å². The number of ether oxygens (including phenoxy) is 1. The zero-order chi connectivity index (χ0) is 14.6. The van der Waals surface area contributed by atoms with Crippen LogP contribution in [0.2, 0.25) is 0 Å². The number of halogens is 4. The molecule has 6 nitrogen and oxygen atoms in total. The molecule has 0 aliphatic rings. The van der Waals surface area contributed by atoms with Gasteiger partial charge in [-0.05, 0) is 34.1 Å². The van der Waals surface area contributed by atoms with Crippen LogP contribution in [-0.4, -0.2) is 18.2 Å². The molecule has 0 heterocycles. The van der Waals surface area contributed by atoms with Crippen LogP contribution in [0.15, 0.2) is 22.7 Å². The van der Waals surface area contributed by atoms with E-state index in [2.05, 4.69) is 26.0 Å². The molecule has 0 aliphatic carbocycles. The summed E-state index contributed by atoms with van der Waals surface area (Å²) in [4.78, 5) is 22.0. The fourth-order valence-electron chi connectivity index (χ4n) is 1.04. The average molecular weight is 342 g/mol. The van der Waals surface area contributed by atoms with Gasteiger partial charge in [-0.15, -0.1) is 13.2 Å². The molecule has 2 amide bonds. The minimum Gasteiger partial charge on any atom is -0.405 e. The van der Waals surface area contributed by atoms with Gasteiger partial charge in [-0.25, -0.2) is 5.84 Å². The monoisotopic (exact) mass is 341 g/mol. The van der Waals surface area contributed by atoms with E-state index < -0.39 is 23.9 Å². The summed E-state index contributed by atoms with van der Waals surface area (Å²) in [5.41, 5.74) is 1.70. The van der Waals surface area contributed by atoms with E-state index in [4.69, 9.17) is 5.84 Å². The fourth-order valence-corrected chi connectivity index (χ4v) is 1.50. The normalized spacial score (nSPS) is 10.8. The van der Waals surface area contributed by atoms with E-state index in [1.807, 2.05) is 0 Å². The molecule has 1 aromatic carbocycles. The van der Waals surface area contributed by atoms with Crippen LogP contribution in [-0.2, 0) is 9.59 Å². The standard InChI is InChI=1S/C9H7BrF3N3O3/c10-5-3-4(15-7(17)8(18)16-14)1-2-6(5)19-9(11,12)13/h1-3H,14H2,(H,15,17)(H,16,18). The second-order valence-electron chi connectivity index (χ2n) is 3.12. The lowest BCUT2D eigenvalue weighted by Gasteiger charge is -2.11. The summed E-state index contributed by atoms with van der Waals surface area (Å²) in [5.74, 6) is 2.11. The SMILES string of the molecule is NNC(=O)C(=O)Nc1ccc(OC(F)(F)F)c(Br)c1. The van der Waals surface area contributed by atoms with Crippen molar-refractivity contribution in [2.75, 3.05) is 5.32 Å². The third-order valence-electron chi connectivity index (χ3n) is 1.75. The van der Waals surface area contributed by atoms with E-state index >= 15 is 0 Å². The lowest BCUT2D eigenvalue weighted by atomic mass is 10.3. The Labute approximate surface area is 113 Å². The van der Waals surface area contributed by atoms with Gasteiger partial charge in [0.2, 0.25) is 0 Å². The number of hydrogen-bond donors (Lipinski definition) is 3. The molecule has 19 heavy (non-hydrogen) atoms. The van der Waals surface area contributed by atoms with Gasteiger partial charge in [-0.3, -0.25) is 15.0 Å². The smallest absolute Gasteiger partial charge is 0.405 e. The van der Waals surface area contributed by atoms with Crippen molar-refractivity contribution < 1.29 is 27.5 Å². The largest absolute Gasteiger partial charge is 0.573 e. The Morgan fingerprint density at radius 3 is 2.37 bits per heavy atom. The highest BCUT2D eigenvalue weighted by Gasteiger charge is 2.32. The molecule has 0 spiro atoms. The van der Waals surface area contributed by atoms with Crippen molar-refractivity contribution in [1.29, 1.82) is 0 Å². The van der Waals surface area contributed by atoms with Gasteiger partial charge < -0.3 is 10.1 Å². The topological polar surface area (TPSA) is 93.5 Å². The molecule has 104 valence electrons. The first-order chi connectivity index (χ1) is 8.73. The van der Waals surface area contributed by atoms with Crippen molar-refractivity contribution in [3.05, 3.63) is 22.7 Å². The molecule has 0 unspecified atom stereocenters. The second kappa shape index (κ2) is 5.89. The van der Waals surface area contributed by atoms with Crippen LogP contribution in [0, 0.1) is 0 Å². The third-order valence-corrected chi connectivity index (χ3v) is 2.37. The zero-order valence-electron chi connectivity index (χ0n) is 9.05. The number of carbonyl (C=O) groups is 2. The molecule has 0 aromatic heterocycles. The van der Waals surface area contributed by atoms with Crippen molar-refractivity contribution in [3.8, 4) is 5.75 Å². The van der Waals surface area contributed by atoms with E-state index in [1.165, 1.54) is 0 Å². The maximum atomic E-state index is 12.0. The summed E-state index contributed by atoms with van der Waals surface area (Å²) in [5, 5.41) is 2.13. The number of anilines is 1. The highest BCUT2D eigenvalue weighted by molar-refractivity contribution is 9.10. The van der Waals surface area contributed by atoms with Crippen LogP contribution >= 0.6 is 15.9 Å². The number of rotatable bonds is 2. The minimum atomic E-state index is -4.83. The minimum absolute atomic E-state index is 0.0456. The highest BCUT2D eigenvalue weighted by atomic mass is 79.9. The summed E-state index contributed by atoms with van der Waals surface area (Å²) in [6.07, 6.45) is -4.83. The number of benzene rings is 1. The van der Waals surface area contributed by atoms with E-state index in [0.717, 1.165) is 18.2 Å². The van der Waals surface area contributed by atoms with E-state index in [9.17, 15) is 22.8 Å². The van der Waals surface area contributed by atoms with Gasteiger partial charge in [0.1, 0.15) is 5.75 Å². The summed E-state index contributed by atoms with van der Waals surface area (Å²) in [6, 6.07) is 3.25. The Kier molecular flexibility index (Phi) is 4.72. The van der Waals surface area contributed by atoms with Gasteiger partial charge in [-0.1, -0.05) is 0 Å². The molecule has 0 bridgehead atoms. The fraction of sp³-hybridized carbons (Fsp3) is 0.111. The zero-order valence-corrected chi connectivity index (χ0v) is 10.6. The summed E-state index contributed by atoms with van der Waals surface area (Å²) in [6.45, 7) is 0. The van der Waals surface area contributed by atoms with Crippen molar-refractivity contribution in [1.82, 2.24) is 5.43 Å². The molecule has 0 radical (unpaired) electrons. The first-order valence-corrected chi connectivity index (χ1v) is 5.39. The molecule has 0 saturated heterocycles. The molecule has 0 atom stereocenters. The Morgan fingerprint density at radius 1 is 1.26 bits per heavy atom. The summed E-state index contributed by atoms with van der Waals surface area (Å²) >= 11 is 2.84. The van der Waals surface area contributed by atoms with E-state index in [0.29, 0.717) is 0 Å². The van der Waals surface area contributed by atoms with Crippen LogP contribution in [0.25, 0.3) is 0 Å². The summed E-state index contributed by atoms with van der Waals surface area (Å²) < 4.78 is 39.7. The van der Waals surface area contributed by atoms with Crippen molar-refractivity contribution in [2.24, 2.45) is 5.84 Å². The van der Waals surface area contributed by atoms with Crippen molar-refractivity contribution >= 4 is 33.4 Å². The van der Waals surface area contributed by atoms with Gasteiger partial charge in [-0.2, -0.15) is 0 Å². The lowest BCUT2D eigenvalue weighted by Crippen LogP contribution is -2.39. The van der Waals surface area contributed by atoms with Crippen LogP contribution < -0.4 is 21.3 Å². The van der Waals surface area contributed by atoms with Crippen molar-refractivity contribution in [3.63, 3.8) is 0 Å². The molecular weight excluding hydrogens is 335 g/mol. The Hall–Kier alpha value is -1.81. The number of hydrazine groups is 1. The second-order valence-corrected chi connectivity index (χ2v) is 3.97. The number of nitrogens with two attached hydrogens (primary N) is 1.